The second-order valence-corrected chi connectivity index (χ2v) is 27.0. The SMILES string of the molecule is CCCCCC/C=C\CCCCCCCC(=O)OCCCCCCCCCCCCC/C=C\C/C=C\CCCCCCCCCCCCCCCCCCCC(=O)NC(CO)C(O)/C=C/CCCCCCCCCCCCCCCCCCCCCC. The molecule has 87 heavy (non-hydrogen) atoms. The van der Waals surface area contributed by atoms with Crippen molar-refractivity contribution >= 4 is 11.9 Å². The Morgan fingerprint density at radius 1 is 0.322 bits per heavy atom. The van der Waals surface area contributed by atoms with Gasteiger partial charge in [0, 0.05) is 12.8 Å². The fraction of sp³-hybridized carbons (Fsp3) is 0.877. The number of unbranched alkanes of at least 4 members (excludes halogenated alkanes) is 57. The minimum Gasteiger partial charge on any atom is -0.466 e. The number of carbonyl (C=O) groups excluding carboxylic acids is 2. The average molecular weight is 1220 g/mol. The Bertz CT molecular complexity index is 1450. The molecule has 6 heteroatoms. The number of esters is 1. The van der Waals surface area contributed by atoms with E-state index >= 15 is 0 Å². The van der Waals surface area contributed by atoms with Crippen LogP contribution in [0.25, 0.3) is 0 Å². The van der Waals surface area contributed by atoms with Gasteiger partial charge in [0.25, 0.3) is 0 Å². The van der Waals surface area contributed by atoms with Crippen molar-refractivity contribution in [3.05, 3.63) is 48.6 Å². The van der Waals surface area contributed by atoms with Gasteiger partial charge in [0.2, 0.25) is 5.91 Å². The molecule has 0 aromatic carbocycles. The Labute approximate surface area is 544 Å². The maximum Gasteiger partial charge on any atom is 0.305 e. The lowest BCUT2D eigenvalue weighted by atomic mass is 10.0. The van der Waals surface area contributed by atoms with E-state index in [0.717, 1.165) is 51.4 Å². The number of amides is 1. The number of hydrogen-bond acceptors (Lipinski definition) is 5. The van der Waals surface area contributed by atoms with Gasteiger partial charge in [0.15, 0.2) is 0 Å². The maximum absolute atomic E-state index is 12.5. The van der Waals surface area contributed by atoms with Crippen LogP contribution in [0.3, 0.4) is 0 Å². The summed E-state index contributed by atoms with van der Waals surface area (Å²) in [4.78, 5) is 24.6. The molecular formula is C81H153NO5. The molecule has 2 atom stereocenters. The lowest BCUT2D eigenvalue weighted by Crippen LogP contribution is -2.45. The Balaban J connectivity index is 3.40. The number of allylic oxidation sites excluding steroid dienone is 7. The Morgan fingerprint density at radius 2 is 0.575 bits per heavy atom. The first-order valence-corrected chi connectivity index (χ1v) is 39.4. The number of aliphatic hydroxyl groups is 2. The van der Waals surface area contributed by atoms with E-state index in [1.54, 1.807) is 6.08 Å². The third-order valence-electron chi connectivity index (χ3n) is 18.3. The molecule has 0 bridgehead atoms. The molecule has 1 amide bonds. The topological polar surface area (TPSA) is 95.9 Å². The normalized spacial score (nSPS) is 12.7. The van der Waals surface area contributed by atoms with E-state index in [-0.39, 0.29) is 18.5 Å². The average Bonchev–Trinajstić information content (AvgIpc) is 3.54. The number of hydrogen-bond donors (Lipinski definition) is 3. The highest BCUT2D eigenvalue weighted by Crippen LogP contribution is 2.19. The van der Waals surface area contributed by atoms with Gasteiger partial charge in [-0.25, -0.2) is 0 Å². The van der Waals surface area contributed by atoms with Crippen molar-refractivity contribution in [1.82, 2.24) is 5.32 Å². The van der Waals surface area contributed by atoms with Crippen molar-refractivity contribution in [3.63, 3.8) is 0 Å². The second kappa shape index (κ2) is 76.3. The number of carbonyl (C=O) groups is 2. The van der Waals surface area contributed by atoms with Gasteiger partial charge in [0.1, 0.15) is 0 Å². The molecule has 2 unspecified atom stereocenters. The molecule has 0 spiro atoms. The molecule has 0 saturated carbocycles. The third kappa shape index (κ3) is 72.8. The quantitative estimate of drug-likeness (QED) is 0.0320. The second-order valence-electron chi connectivity index (χ2n) is 27.0. The van der Waals surface area contributed by atoms with Crippen LogP contribution in [0.1, 0.15) is 431 Å². The van der Waals surface area contributed by atoms with Crippen LogP contribution in [-0.4, -0.2) is 47.4 Å². The summed E-state index contributed by atoms with van der Waals surface area (Å²) < 4.78 is 5.48. The number of rotatable bonds is 74. The van der Waals surface area contributed by atoms with Crippen molar-refractivity contribution in [2.45, 2.75) is 443 Å². The first kappa shape index (κ1) is 84.8. The van der Waals surface area contributed by atoms with Crippen LogP contribution in [0.5, 0.6) is 0 Å². The number of ether oxygens (including phenoxy) is 1. The Hall–Kier alpha value is -2.18. The lowest BCUT2D eigenvalue weighted by Gasteiger charge is -2.20. The molecular weight excluding hydrogens is 1070 g/mol. The van der Waals surface area contributed by atoms with Gasteiger partial charge >= 0.3 is 5.97 Å². The Kier molecular flexibility index (Phi) is 74.4. The third-order valence-corrected chi connectivity index (χ3v) is 18.3. The number of aliphatic hydroxyl groups excluding tert-OH is 2. The molecule has 0 aromatic heterocycles. The molecule has 0 aliphatic heterocycles. The van der Waals surface area contributed by atoms with Gasteiger partial charge in [0.05, 0.1) is 25.4 Å². The predicted octanol–water partition coefficient (Wildman–Crippen LogP) is 26.0. The largest absolute Gasteiger partial charge is 0.466 e. The minimum atomic E-state index is -0.845. The van der Waals surface area contributed by atoms with Gasteiger partial charge in [-0.15, -0.1) is 0 Å². The van der Waals surface area contributed by atoms with Crippen molar-refractivity contribution < 1.29 is 24.5 Å². The fourth-order valence-corrected chi connectivity index (χ4v) is 12.3. The van der Waals surface area contributed by atoms with E-state index in [4.69, 9.17) is 4.74 Å². The zero-order chi connectivity index (χ0) is 62.8. The molecule has 0 saturated heterocycles. The molecule has 0 rings (SSSR count). The van der Waals surface area contributed by atoms with E-state index in [9.17, 15) is 19.8 Å². The highest BCUT2D eigenvalue weighted by Gasteiger charge is 2.18. The standard InChI is InChI=1S/C81H153NO5/c1-3-5-7-9-11-13-15-17-18-19-20-21-37-40-43-46-50-53-57-61-65-69-73-79(84)78(77-83)82-80(85)74-70-66-62-58-54-51-47-44-41-38-35-33-31-29-27-25-23-22-24-26-28-30-32-34-36-39-42-45-48-52-56-60-64-68-72-76-87-81(86)75-71-67-63-59-55-49-16-14-12-10-8-6-4-2/h14,16,24,26,30,32,69,73,78-79,83-84H,3-13,15,17-23,25,27-29,31,33-68,70-72,74-77H2,1-2H3,(H,82,85)/b16-14-,26-24-,32-30-,73-69+. The molecule has 0 fully saturated rings. The van der Waals surface area contributed by atoms with E-state index in [1.807, 2.05) is 6.08 Å². The minimum absolute atomic E-state index is 0.00761. The summed E-state index contributed by atoms with van der Waals surface area (Å²) in [6.45, 7) is 4.93. The van der Waals surface area contributed by atoms with Crippen molar-refractivity contribution in [3.8, 4) is 0 Å². The summed E-state index contributed by atoms with van der Waals surface area (Å²) >= 11 is 0. The van der Waals surface area contributed by atoms with Crippen LogP contribution in [-0.2, 0) is 14.3 Å². The summed E-state index contributed by atoms with van der Waals surface area (Å²) in [6, 6.07) is -0.628. The van der Waals surface area contributed by atoms with Crippen LogP contribution in [0, 0.1) is 0 Å². The van der Waals surface area contributed by atoms with Gasteiger partial charge < -0.3 is 20.3 Å². The smallest absolute Gasteiger partial charge is 0.305 e. The molecule has 0 heterocycles. The van der Waals surface area contributed by atoms with Crippen LogP contribution >= 0.6 is 0 Å². The van der Waals surface area contributed by atoms with E-state index in [1.165, 1.54) is 353 Å². The van der Waals surface area contributed by atoms with Crippen molar-refractivity contribution in [2.75, 3.05) is 13.2 Å². The van der Waals surface area contributed by atoms with Crippen molar-refractivity contribution in [1.29, 1.82) is 0 Å². The molecule has 0 radical (unpaired) electrons. The monoisotopic (exact) mass is 1220 g/mol. The summed E-state index contributed by atoms with van der Waals surface area (Å²) in [7, 11) is 0. The molecule has 0 aliphatic rings. The van der Waals surface area contributed by atoms with Crippen LogP contribution < -0.4 is 5.32 Å². The zero-order valence-corrected chi connectivity index (χ0v) is 58.8. The van der Waals surface area contributed by atoms with Gasteiger partial charge in [-0.3, -0.25) is 9.59 Å². The maximum atomic E-state index is 12.5. The Morgan fingerprint density at radius 3 is 0.897 bits per heavy atom. The van der Waals surface area contributed by atoms with Crippen LogP contribution in [0.15, 0.2) is 48.6 Å². The first-order valence-electron chi connectivity index (χ1n) is 39.4. The fourth-order valence-electron chi connectivity index (χ4n) is 12.3. The molecule has 0 aliphatic carbocycles. The molecule has 0 aromatic rings. The summed E-state index contributed by atoms with van der Waals surface area (Å²) in [5, 5.41) is 23.3. The lowest BCUT2D eigenvalue weighted by molar-refractivity contribution is -0.143. The highest BCUT2D eigenvalue weighted by atomic mass is 16.5. The predicted molar refractivity (Wildman–Crippen MR) is 384 cm³/mol. The summed E-state index contributed by atoms with van der Waals surface area (Å²) in [5.74, 6) is -0.0538. The van der Waals surface area contributed by atoms with E-state index < -0.39 is 12.1 Å². The number of nitrogens with one attached hydrogen (secondary N) is 1. The van der Waals surface area contributed by atoms with Crippen molar-refractivity contribution in [2.24, 2.45) is 0 Å². The van der Waals surface area contributed by atoms with Crippen LogP contribution in [0.2, 0.25) is 0 Å². The van der Waals surface area contributed by atoms with Gasteiger partial charge in [-0.2, -0.15) is 0 Å². The zero-order valence-electron chi connectivity index (χ0n) is 58.8. The van der Waals surface area contributed by atoms with E-state index in [0.29, 0.717) is 19.4 Å². The summed E-state index contributed by atoms with van der Waals surface area (Å²) in [5.41, 5.74) is 0. The van der Waals surface area contributed by atoms with Gasteiger partial charge in [-0.1, -0.05) is 377 Å². The van der Waals surface area contributed by atoms with Gasteiger partial charge in [-0.05, 0) is 89.9 Å². The summed E-state index contributed by atoms with van der Waals surface area (Å²) in [6.07, 6.45) is 101. The molecule has 6 nitrogen and oxygen atoms in total. The first-order chi connectivity index (χ1) is 43.0. The van der Waals surface area contributed by atoms with Crippen LogP contribution in [0.4, 0.5) is 0 Å². The molecule has 512 valence electrons. The van der Waals surface area contributed by atoms with E-state index in [2.05, 4.69) is 55.6 Å². The highest BCUT2D eigenvalue weighted by molar-refractivity contribution is 5.76. The molecule has 3 N–H and O–H groups in total.